The molecule has 1 saturated carbocycles. The van der Waals surface area contributed by atoms with Crippen molar-refractivity contribution in [1.29, 1.82) is 0 Å². The third-order valence-corrected chi connectivity index (χ3v) is 6.82. The SMILES string of the molecule is O=C1NC(=O)C(c2c(F)ccc3ccoc23)=C1c1cn(C2CCC(O)CC2)c2ccccc12. The molecule has 0 bridgehead atoms. The Labute approximate surface area is 188 Å². The summed E-state index contributed by atoms with van der Waals surface area (Å²) in [5.41, 5.74) is 1.88. The van der Waals surface area contributed by atoms with E-state index >= 15 is 4.39 Å². The molecule has 0 radical (unpaired) electrons. The van der Waals surface area contributed by atoms with Gasteiger partial charge in [0.15, 0.2) is 0 Å². The van der Waals surface area contributed by atoms with Crippen LogP contribution in [0.5, 0.6) is 0 Å². The summed E-state index contributed by atoms with van der Waals surface area (Å²) in [7, 11) is 0. The molecular formula is C26H21FN2O4. The molecule has 33 heavy (non-hydrogen) atoms. The minimum absolute atomic E-state index is 0.00605. The van der Waals surface area contributed by atoms with E-state index in [1.807, 2.05) is 30.5 Å². The van der Waals surface area contributed by atoms with Crippen LogP contribution in [0.2, 0.25) is 0 Å². The molecule has 6 nitrogen and oxygen atoms in total. The van der Waals surface area contributed by atoms with Gasteiger partial charge in [0.2, 0.25) is 0 Å². The lowest BCUT2D eigenvalue weighted by atomic mass is 9.93. The van der Waals surface area contributed by atoms with E-state index < -0.39 is 17.6 Å². The molecule has 1 aliphatic heterocycles. The van der Waals surface area contributed by atoms with Gasteiger partial charge < -0.3 is 14.1 Å². The van der Waals surface area contributed by atoms with E-state index in [0.717, 1.165) is 23.7 Å². The highest BCUT2D eigenvalue weighted by atomic mass is 19.1. The molecule has 0 spiro atoms. The summed E-state index contributed by atoms with van der Waals surface area (Å²) in [6, 6.07) is 12.4. The van der Waals surface area contributed by atoms with Gasteiger partial charge in [0.05, 0.1) is 29.1 Å². The second kappa shape index (κ2) is 7.42. The Morgan fingerprint density at radius 1 is 0.970 bits per heavy atom. The van der Waals surface area contributed by atoms with Crippen LogP contribution >= 0.6 is 0 Å². The number of nitrogens with one attached hydrogen (secondary N) is 1. The largest absolute Gasteiger partial charge is 0.464 e. The van der Waals surface area contributed by atoms with Crippen molar-refractivity contribution in [3.63, 3.8) is 0 Å². The fourth-order valence-electron chi connectivity index (χ4n) is 5.23. The fraction of sp³-hybridized carbons (Fsp3) is 0.231. The summed E-state index contributed by atoms with van der Waals surface area (Å²) < 4.78 is 22.7. The normalized spacial score (nSPS) is 21.4. The zero-order chi connectivity index (χ0) is 22.7. The van der Waals surface area contributed by atoms with Crippen molar-refractivity contribution >= 4 is 44.8 Å². The lowest BCUT2D eigenvalue weighted by Gasteiger charge is -2.27. The van der Waals surface area contributed by atoms with Gasteiger partial charge in [-0.2, -0.15) is 0 Å². The Kier molecular flexibility index (Phi) is 4.48. The molecule has 2 aromatic heterocycles. The number of imide groups is 1. The standard InChI is InChI=1S/C26H21FN2O4/c27-19-10-5-14-11-12-33-24(14)22(19)23-21(25(31)28-26(23)32)18-13-29(15-6-8-16(30)9-7-15)20-4-2-1-3-17(18)20/h1-5,10-13,15-16,30H,6-9H2,(H,28,31,32). The Balaban J connectivity index is 1.62. The number of aromatic nitrogens is 1. The topological polar surface area (TPSA) is 84.5 Å². The van der Waals surface area contributed by atoms with Crippen LogP contribution in [0.25, 0.3) is 33.0 Å². The number of rotatable bonds is 3. The first-order chi connectivity index (χ1) is 16.0. The molecule has 0 unspecified atom stereocenters. The number of carbonyl (C=O) groups excluding carboxylic acids is 2. The maximum atomic E-state index is 15.1. The summed E-state index contributed by atoms with van der Waals surface area (Å²) >= 11 is 0. The van der Waals surface area contributed by atoms with E-state index in [1.54, 1.807) is 12.1 Å². The molecule has 2 amide bonds. The summed E-state index contributed by atoms with van der Waals surface area (Å²) in [5.74, 6) is -1.82. The van der Waals surface area contributed by atoms with Gasteiger partial charge >= 0.3 is 0 Å². The van der Waals surface area contributed by atoms with Crippen molar-refractivity contribution in [2.75, 3.05) is 0 Å². The van der Waals surface area contributed by atoms with E-state index in [2.05, 4.69) is 9.88 Å². The summed E-state index contributed by atoms with van der Waals surface area (Å²) in [4.78, 5) is 26.0. The summed E-state index contributed by atoms with van der Waals surface area (Å²) in [5, 5.41) is 13.7. The molecule has 166 valence electrons. The quantitative estimate of drug-likeness (QED) is 0.454. The van der Waals surface area contributed by atoms with Crippen molar-refractivity contribution in [3.05, 3.63) is 71.9 Å². The number of fused-ring (bicyclic) bond motifs is 2. The van der Waals surface area contributed by atoms with Crippen LogP contribution in [0.4, 0.5) is 4.39 Å². The lowest BCUT2D eigenvalue weighted by molar-refractivity contribution is -0.122. The lowest BCUT2D eigenvalue weighted by Crippen LogP contribution is -2.23. The number of benzene rings is 2. The van der Waals surface area contributed by atoms with Gasteiger partial charge in [-0.3, -0.25) is 14.9 Å². The smallest absolute Gasteiger partial charge is 0.259 e. The van der Waals surface area contributed by atoms with E-state index in [4.69, 9.17) is 4.42 Å². The number of furan rings is 1. The number of nitrogens with zero attached hydrogens (tertiary/aromatic N) is 1. The minimum atomic E-state index is -0.643. The Morgan fingerprint density at radius 3 is 2.55 bits per heavy atom. The van der Waals surface area contributed by atoms with Crippen molar-refractivity contribution in [2.24, 2.45) is 0 Å². The van der Waals surface area contributed by atoms with E-state index in [0.29, 0.717) is 23.8 Å². The van der Waals surface area contributed by atoms with Gasteiger partial charge in [0, 0.05) is 34.1 Å². The van der Waals surface area contributed by atoms with Crippen molar-refractivity contribution in [2.45, 2.75) is 37.8 Å². The zero-order valence-electron chi connectivity index (χ0n) is 17.7. The molecule has 1 aliphatic carbocycles. The number of para-hydroxylation sites is 1. The van der Waals surface area contributed by atoms with Gasteiger partial charge in [0.25, 0.3) is 11.8 Å². The van der Waals surface area contributed by atoms with Gasteiger partial charge in [-0.15, -0.1) is 0 Å². The van der Waals surface area contributed by atoms with Crippen molar-refractivity contribution in [3.8, 4) is 0 Å². The van der Waals surface area contributed by atoms with Crippen molar-refractivity contribution in [1.82, 2.24) is 9.88 Å². The molecule has 3 heterocycles. The maximum absolute atomic E-state index is 15.1. The predicted octanol–water partition coefficient (Wildman–Crippen LogP) is 4.57. The molecule has 4 aromatic rings. The number of aliphatic hydroxyl groups is 1. The zero-order valence-corrected chi connectivity index (χ0v) is 17.7. The van der Waals surface area contributed by atoms with Crippen LogP contribution in [0, 0.1) is 5.82 Å². The Hall–Kier alpha value is -3.71. The fourth-order valence-corrected chi connectivity index (χ4v) is 5.23. The number of hydrogen-bond acceptors (Lipinski definition) is 4. The highest BCUT2D eigenvalue weighted by Gasteiger charge is 2.37. The summed E-state index contributed by atoms with van der Waals surface area (Å²) in [6.45, 7) is 0. The molecule has 2 aliphatic rings. The highest BCUT2D eigenvalue weighted by Crippen LogP contribution is 2.41. The van der Waals surface area contributed by atoms with E-state index in [9.17, 15) is 14.7 Å². The Morgan fingerprint density at radius 2 is 1.73 bits per heavy atom. The molecule has 2 aromatic carbocycles. The number of halogens is 1. The van der Waals surface area contributed by atoms with E-state index in [1.165, 1.54) is 12.3 Å². The third kappa shape index (κ3) is 3.03. The number of aliphatic hydroxyl groups excluding tert-OH is 1. The predicted molar refractivity (Wildman–Crippen MR) is 122 cm³/mol. The number of hydrogen-bond donors (Lipinski definition) is 2. The van der Waals surface area contributed by atoms with Gasteiger partial charge in [-0.05, 0) is 49.9 Å². The second-order valence-corrected chi connectivity index (χ2v) is 8.72. The van der Waals surface area contributed by atoms with E-state index in [-0.39, 0.29) is 34.4 Å². The first-order valence-corrected chi connectivity index (χ1v) is 11.1. The minimum Gasteiger partial charge on any atom is -0.464 e. The van der Waals surface area contributed by atoms with Gasteiger partial charge in [-0.25, -0.2) is 4.39 Å². The molecule has 1 fully saturated rings. The molecule has 6 rings (SSSR count). The third-order valence-electron chi connectivity index (χ3n) is 6.82. The van der Waals surface area contributed by atoms with Crippen LogP contribution < -0.4 is 5.32 Å². The van der Waals surface area contributed by atoms with Crippen LogP contribution in [0.15, 0.2) is 59.3 Å². The van der Waals surface area contributed by atoms with Gasteiger partial charge in [0.1, 0.15) is 11.4 Å². The molecule has 0 saturated heterocycles. The highest BCUT2D eigenvalue weighted by molar-refractivity contribution is 6.50. The molecule has 0 atom stereocenters. The monoisotopic (exact) mass is 444 g/mol. The molecule has 2 N–H and O–H groups in total. The first kappa shape index (κ1) is 19.9. The Bertz CT molecular complexity index is 1470. The maximum Gasteiger partial charge on any atom is 0.259 e. The van der Waals surface area contributed by atoms with Crippen LogP contribution in [-0.4, -0.2) is 27.6 Å². The second-order valence-electron chi connectivity index (χ2n) is 8.72. The average Bonchev–Trinajstić information content (AvgIpc) is 3.50. The molecule has 7 heteroatoms. The van der Waals surface area contributed by atoms with Gasteiger partial charge in [-0.1, -0.05) is 18.2 Å². The first-order valence-electron chi connectivity index (χ1n) is 11.1. The van der Waals surface area contributed by atoms with Crippen molar-refractivity contribution < 1.29 is 23.5 Å². The molecular weight excluding hydrogens is 423 g/mol. The van der Waals surface area contributed by atoms with Crippen LogP contribution in [-0.2, 0) is 9.59 Å². The summed E-state index contributed by atoms with van der Waals surface area (Å²) in [6.07, 6.45) is 6.10. The number of amides is 2. The average molecular weight is 444 g/mol. The van der Waals surface area contributed by atoms with Crippen LogP contribution in [0.3, 0.4) is 0 Å². The van der Waals surface area contributed by atoms with Crippen LogP contribution in [0.1, 0.15) is 42.9 Å². The number of carbonyl (C=O) groups is 2.